The van der Waals surface area contributed by atoms with Gasteiger partial charge in [0.25, 0.3) is 0 Å². The molecule has 0 spiro atoms. The van der Waals surface area contributed by atoms with Crippen LogP contribution in [0.3, 0.4) is 0 Å². The molecule has 2 aliphatic heterocycles. The number of hydrogen-bond acceptors (Lipinski definition) is 2. The summed E-state index contributed by atoms with van der Waals surface area (Å²) in [6, 6.07) is 0.637. The molecule has 0 aromatic carbocycles. The van der Waals surface area contributed by atoms with Crippen molar-refractivity contribution in [2.75, 3.05) is 6.54 Å². The summed E-state index contributed by atoms with van der Waals surface area (Å²) in [5.41, 5.74) is 1.42. The van der Waals surface area contributed by atoms with Gasteiger partial charge >= 0.3 is 0 Å². The zero-order valence-corrected chi connectivity index (χ0v) is 7.53. The summed E-state index contributed by atoms with van der Waals surface area (Å²) in [5, 5.41) is 6.97. The second kappa shape index (κ2) is 2.66. The fourth-order valence-corrected chi connectivity index (χ4v) is 2.56. The van der Waals surface area contributed by atoms with E-state index < -0.39 is 0 Å². The van der Waals surface area contributed by atoms with Crippen molar-refractivity contribution in [2.45, 2.75) is 12.5 Å². The lowest BCUT2D eigenvalue weighted by atomic mass is 9.80. The van der Waals surface area contributed by atoms with Gasteiger partial charge in [-0.2, -0.15) is 0 Å². The van der Waals surface area contributed by atoms with Crippen molar-refractivity contribution < 1.29 is 0 Å². The molecule has 3 unspecified atom stereocenters. The van der Waals surface area contributed by atoms with Crippen LogP contribution < -0.4 is 10.6 Å². The second-order valence-electron chi connectivity index (χ2n) is 3.99. The highest BCUT2D eigenvalue weighted by molar-refractivity contribution is 5.27. The van der Waals surface area contributed by atoms with Gasteiger partial charge in [-0.25, -0.2) is 0 Å². The molecule has 0 aromatic rings. The molecule has 0 bridgehead atoms. The topological polar surface area (TPSA) is 24.1 Å². The first-order chi connectivity index (χ1) is 6.45. The highest BCUT2D eigenvalue weighted by Gasteiger charge is 2.36. The molecular formula is C11H14N2. The minimum Gasteiger partial charge on any atom is -0.387 e. The molecule has 1 saturated heterocycles. The maximum Gasteiger partial charge on any atom is 0.0421 e. The normalized spacial score (nSPS) is 40.0. The lowest BCUT2D eigenvalue weighted by Gasteiger charge is -2.37. The molecule has 2 heteroatoms. The van der Waals surface area contributed by atoms with Gasteiger partial charge in [-0.15, -0.1) is 0 Å². The maximum atomic E-state index is 3.51. The first kappa shape index (κ1) is 7.25. The van der Waals surface area contributed by atoms with Crippen LogP contribution in [-0.2, 0) is 0 Å². The molecule has 0 amide bonds. The molecule has 0 radical (unpaired) electrons. The molecule has 0 aromatic heterocycles. The summed E-state index contributed by atoms with van der Waals surface area (Å²) in [7, 11) is 0. The molecule has 3 atom stereocenters. The molecule has 2 heterocycles. The van der Waals surface area contributed by atoms with Crippen LogP contribution in [-0.4, -0.2) is 12.6 Å². The van der Waals surface area contributed by atoms with Gasteiger partial charge in [0, 0.05) is 30.1 Å². The molecule has 3 aliphatic rings. The summed E-state index contributed by atoms with van der Waals surface area (Å²) in [6.45, 7) is 1.09. The fraction of sp³-hybridized carbons (Fsp3) is 0.455. The highest BCUT2D eigenvalue weighted by Crippen LogP contribution is 2.32. The van der Waals surface area contributed by atoms with Gasteiger partial charge in [-0.05, 0) is 18.7 Å². The molecule has 1 aliphatic carbocycles. The van der Waals surface area contributed by atoms with E-state index in [2.05, 4.69) is 41.1 Å². The summed E-state index contributed by atoms with van der Waals surface area (Å²) >= 11 is 0. The number of rotatable bonds is 0. The Hall–Kier alpha value is -1.18. The Bertz CT molecular complexity index is 301. The second-order valence-corrected chi connectivity index (χ2v) is 3.99. The predicted molar refractivity (Wildman–Crippen MR) is 52.9 cm³/mol. The van der Waals surface area contributed by atoms with Crippen LogP contribution in [0.4, 0.5) is 0 Å². The van der Waals surface area contributed by atoms with Crippen LogP contribution in [0.25, 0.3) is 0 Å². The van der Waals surface area contributed by atoms with Gasteiger partial charge in [-0.3, -0.25) is 0 Å². The quantitative estimate of drug-likeness (QED) is 0.575. The molecular weight excluding hydrogens is 160 g/mol. The van der Waals surface area contributed by atoms with Crippen LogP contribution in [0.15, 0.2) is 36.2 Å². The largest absolute Gasteiger partial charge is 0.387 e. The first-order valence-corrected chi connectivity index (χ1v) is 4.98. The number of piperidine rings is 1. The Morgan fingerprint density at radius 2 is 2.38 bits per heavy atom. The summed E-state index contributed by atoms with van der Waals surface area (Å²) < 4.78 is 0. The standard InChI is InChI=1S/C11H14N2/c1-2-4-10-9(3-1)11-8(7-13-10)5-6-12-11/h1-2,4-6,8-9,11-13H,3,7H2. The minimum absolute atomic E-state index is 0.637. The van der Waals surface area contributed by atoms with Crippen LogP contribution in [0, 0.1) is 11.8 Å². The van der Waals surface area contributed by atoms with Gasteiger partial charge in [-0.1, -0.05) is 18.2 Å². The van der Waals surface area contributed by atoms with Crippen LogP contribution in [0.5, 0.6) is 0 Å². The van der Waals surface area contributed by atoms with Crippen LogP contribution in [0.1, 0.15) is 6.42 Å². The summed E-state index contributed by atoms with van der Waals surface area (Å²) in [5.74, 6) is 1.35. The lowest BCUT2D eigenvalue weighted by molar-refractivity contribution is 0.307. The summed E-state index contributed by atoms with van der Waals surface area (Å²) in [6.07, 6.45) is 12.2. The third kappa shape index (κ3) is 1.01. The van der Waals surface area contributed by atoms with E-state index in [0.29, 0.717) is 17.9 Å². The van der Waals surface area contributed by atoms with Crippen LogP contribution >= 0.6 is 0 Å². The van der Waals surface area contributed by atoms with E-state index in [1.54, 1.807) is 0 Å². The third-order valence-corrected chi connectivity index (χ3v) is 3.27. The van der Waals surface area contributed by atoms with Gasteiger partial charge in [0.15, 0.2) is 0 Å². The van der Waals surface area contributed by atoms with E-state index in [1.807, 2.05) is 0 Å². The van der Waals surface area contributed by atoms with E-state index in [1.165, 1.54) is 12.1 Å². The van der Waals surface area contributed by atoms with E-state index in [-0.39, 0.29) is 0 Å². The van der Waals surface area contributed by atoms with Gasteiger partial charge < -0.3 is 10.6 Å². The van der Waals surface area contributed by atoms with Crippen molar-refractivity contribution >= 4 is 0 Å². The van der Waals surface area contributed by atoms with Crippen molar-refractivity contribution in [2.24, 2.45) is 11.8 Å². The molecule has 1 fully saturated rings. The number of hydrogen-bond donors (Lipinski definition) is 2. The van der Waals surface area contributed by atoms with Crippen LogP contribution in [0.2, 0.25) is 0 Å². The first-order valence-electron chi connectivity index (χ1n) is 4.98. The number of allylic oxidation sites excluding steroid dienone is 3. The van der Waals surface area contributed by atoms with Gasteiger partial charge in [0.2, 0.25) is 0 Å². The van der Waals surface area contributed by atoms with E-state index in [9.17, 15) is 0 Å². The highest BCUT2D eigenvalue weighted by atomic mass is 15.0. The molecule has 2 N–H and O–H groups in total. The Kier molecular flexibility index (Phi) is 1.48. The predicted octanol–water partition coefficient (Wildman–Crippen LogP) is 1.15. The molecule has 2 nitrogen and oxygen atoms in total. The molecule has 0 saturated carbocycles. The lowest BCUT2D eigenvalue weighted by Crippen LogP contribution is -2.48. The van der Waals surface area contributed by atoms with Crippen molar-refractivity contribution in [3.05, 3.63) is 36.2 Å². The zero-order chi connectivity index (χ0) is 8.67. The average Bonchev–Trinajstić information content (AvgIpc) is 2.65. The molecule has 68 valence electrons. The molecule has 3 rings (SSSR count). The average molecular weight is 174 g/mol. The van der Waals surface area contributed by atoms with E-state index >= 15 is 0 Å². The Balaban J connectivity index is 1.90. The fourth-order valence-electron chi connectivity index (χ4n) is 2.56. The SMILES string of the molecule is C1=CCC2C(=C1)NCC1C=CNC12. The zero-order valence-electron chi connectivity index (χ0n) is 7.53. The van der Waals surface area contributed by atoms with Crippen molar-refractivity contribution in [1.29, 1.82) is 0 Å². The summed E-state index contributed by atoms with van der Waals surface area (Å²) in [4.78, 5) is 0. The number of nitrogens with one attached hydrogen (secondary N) is 2. The third-order valence-electron chi connectivity index (χ3n) is 3.27. The number of fused-ring (bicyclic) bond motifs is 3. The van der Waals surface area contributed by atoms with E-state index in [4.69, 9.17) is 0 Å². The van der Waals surface area contributed by atoms with Crippen molar-refractivity contribution in [3.8, 4) is 0 Å². The van der Waals surface area contributed by atoms with E-state index in [0.717, 1.165) is 6.54 Å². The smallest absolute Gasteiger partial charge is 0.0421 e. The minimum atomic E-state index is 0.637. The van der Waals surface area contributed by atoms with Gasteiger partial charge in [0.05, 0.1) is 0 Å². The Morgan fingerprint density at radius 3 is 3.38 bits per heavy atom. The molecule has 13 heavy (non-hydrogen) atoms. The van der Waals surface area contributed by atoms with Crippen molar-refractivity contribution in [1.82, 2.24) is 10.6 Å². The monoisotopic (exact) mass is 174 g/mol. The van der Waals surface area contributed by atoms with Gasteiger partial charge in [0.1, 0.15) is 0 Å². The van der Waals surface area contributed by atoms with Crippen molar-refractivity contribution in [3.63, 3.8) is 0 Å². The Morgan fingerprint density at radius 1 is 1.38 bits per heavy atom. The Labute approximate surface area is 78.4 Å². The maximum absolute atomic E-state index is 3.51.